The van der Waals surface area contributed by atoms with Crippen LogP contribution >= 0.6 is 0 Å². The second kappa shape index (κ2) is 9.06. The minimum atomic E-state index is -0.465. The van der Waals surface area contributed by atoms with E-state index >= 15 is 0 Å². The van der Waals surface area contributed by atoms with Gasteiger partial charge in [0, 0.05) is 17.6 Å². The van der Waals surface area contributed by atoms with Crippen LogP contribution in [0.15, 0.2) is 60.7 Å². The maximum Gasteiger partial charge on any atom is 0.238 e. The number of nitrogens with one attached hydrogen (secondary N) is 2. The molecule has 1 atom stereocenters. The van der Waals surface area contributed by atoms with Crippen molar-refractivity contribution in [3.05, 3.63) is 66.2 Å². The van der Waals surface area contributed by atoms with Crippen molar-refractivity contribution in [2.45, 2.75) is 19.5 Å². The molecule has 0 aliphatic carbocycles. The van der Waals surface area contributed by atoms with E-state index in [2.05, 4.69) is 10.6 Å². The smallest absolute Gasteiger partial charge is 0.238 e. The van der Waals surface area contributed by atoms with Crippen molar-refractivity contribution in [1.29, 1.82) is 0 Å². The number of likely N-dealkylation sites (N-methyl/N-ethyl adjacent to an activating group) is 1. The molecule has 4 rings (SSSR count). The molecule has 0 aromatic heterocycles. The fourth-order valence-corrected chi connectivity index (χ4v) is 3.48. The fourth-order valence-electron chi connectivity index (χ4n) is 3.48. The number of fused-ring (bicyclic) bond motifs is 2. The Kier molecular flexibility index (Phi) is 6.04. The number of amides is 2. The summed E-state index contributed by atoms with van der Waals surface area (Å²) in [4.78, 5) is 26.9. The maximum atomic E-state index is 12.6. The number of hydrogen-bond acceptors (Lipinski definition) is 5. The van der Waals surface area contributed by atoms with Gasteiger partial charge < -0.3 is 20.1 Å². The third-order valence-corrected chi connectivity index (χ3v) is 5.40. The molecule has 2 N–H and O–H groups in total. The Morgan fingerprint density at radius 3 is 2.68 bits per heavy atom. The van der Waals surface area contributed by atoms with Crippen molar-refractivity contribution in [3.63, 3.8) is 0 Å². The number of nitrogens with zero attached hydrogens (tertiary/aromatic N) is 1. The first-order chi connectivity index (χ1) is 15.0. The van der Waals surface area contributed by atoms with Crippen LogP contribution in [0.5, 0.6) is 11.5 Å². The quantitative estimate of drug-likeness (QED) is 0.615. The highest BCUT2D eigenvalue weighted by Gasteiger charge is 2.21. The van der Waals surface area contributed by atoms with Crippen LogP contribution in [-0.4, -0.2) is 43.1 Å². The lowest BCUT2D eigenvalue weighted by Crippen LogP contribution is -2.45. The van der Waals surface area contributed by atoms with E-state index in [0.29, 0.717) is 18.0 Å². The van der Waals surface area contributed by atoms with Gasteiger partial charge in [-0.25, -0.2) is 0 Å². The van der Waals surface area contributed by atoms with E-state index in [1.165, 1.54) is 0 Å². The molecule has 0 saturated carbocycles. The Balaban J connectivity index is 1.30. The van der Waals surface area contributed by atoms with E-state index in [4.69, 9.17) is 9.47 Å². The topological polar surface area (TPSA) is 79.9 Å². The lowest BCUT2D eigenvalue weighted by atomic mass is 10.1. The summed E-state index contributed by atoms with van der Waals surface area (Å²) in [7, 11) is 1.76. The predicted molar refractivity (Wildman–Crippen MR) is 119 cm³/mol. The first kappa shape index (κ1) is 20.7. The van der Waals surface area contributed by atoms with Gasteiger partial charge in [-0.2, -0.15) is 0 Å². The van der Waals surface area contributed by atoms with Crippen LogP contribution < -0.4 is 20.1 Å². The number of rotatable bonds is 7. The fraction of sp³-hybridized carbons (Fsp3) is 0.250. The largest absolute Gasteiger partial charge is 0.454 e. The first-order valence-electron chi connectivity index (χ1n) is 10.2. The van der Waals surface area contributed by atoms with Crippen LogP contribution in [0.25, 0.3) is 10.8 Å². The molecule has 3 aromatic carbocycles. The second-order valence-electron chi connectivity index (χ2n) is 7.57. The number of carbonyl (C=O) groups is 2. The molecule has 1 aliphatic heterocycles. The van der Waals surface area contributed by atoms with Gasteiger partial charge in [-0.15, -0.1) is 0 Å². The van der Waals surface area contributed by atoms with E-state index in [1.54, 1.807) is 18.9 Å². The Morgan fingerprint density at radius 1 is 1.03 bits per heavy atom. The number of ether oxygens (including phenoxy) is 2. The third kappa shape index (κ3) is 4.78. The summed E-state index contributed by atoms with van der Waals surface area (Å²) in [5, 5.41) is 7.90. The lowest BCUT2D eigenvalue weighted by Gasteiger charge is -2.23. The van der Waals surface area contributed by atoms with Crippen LogP contribution in [0.2, 0.25) is 0 Å². The molecule has 0 saturated heterocycles. The summed E-state index contributed by atoms with van der Waals surface area (Å²) in [5.74, 6) is 1.06. The summed E-state index contributed by atoms with van der Waals surface area (Å²) >= 11 is 0. The first-order valence-corrected chi connectivity index (χ1v) is 10.2. The minimum Gasteiger partial charge on any atom is -0.454 e. The van der Waals surface area contributed by atoms with Crippen LogP contribution in [0.4, 0.5) is 5.69 Å². The number of hydrogen-bond donors (Lipinski definition) is 2. The van der Waals surface area contributed by atoms with Crippen molar-refractivity contribution in [2.75, 3.05) is 25.7 Å². The zero-order valence-corrected chi connectivity index (χ0v) is 17.6. The van der Waals surface area contributed by atoms with E-state index < -0.39 is 6.04 Å². The highest BCUT2D eigenvalue weighted by Crippen LogP contribution is 2.32. The molecule has 7 heteroatoms. The zero-order valence-electron chi connectivity index (χ0n) is 17.6. The molecule has 2 amide bonds. The van der Waals surface area contributed by atoms with Crippen molar-refractivity contribution in [1.82, 2.24) is 10.2 Å². The molecule has 160 valence electrons. The number of carbonyl (C=O) groups excluding carboxylic acids is 2. The van der Waals surface area contributed by atoms with Gasteiger partial charge in [-0.3, -0.25) is 14.5 Å². The van der Waals surface area contributed by atoms with Crippen molar-refractivity contribution in [2.24, 2.45) is 0 Å². The molecule has 7 nitrogen and oxygen atoms in total. The van der Waals surface area contributed by atoms with Gasteiger partial charge in [0.2, 0.25) is 18.6 Å². The Labute approximate surface area is 180 Å². The minimum absolute atomic E-state index is 0.0990. The van der Waals surface area contributed by atoms with E-state index in [0.717, 1.165) is 22.0 Å². The van der Waals surface area contributed by atoms with Gasteiger partial charge in [0.1, 0.15) is 0 Å². The summed E-state index contributed by atoms with van der Waals surface area (Å²) in [6.45, 7) is 2.46. The van der Waals surface area contributed by atoms with Crippen LogP contribution in [0, 0.1) is 0 Å². The van der Waals surface area contributed by atoms with Gasteiger partial charge in [0.15, 0.2) is 11.5 Å². The maximum absolute atomic E-state index is 12.6. The summed E-state index contributed by atoms with van der Waals surface area (Å²) in [5.41, 5.74) is 1.68. The van der Waals surface area contributed by atoms with Crippen molar-refractivity contribution >= 4 is 28.3 Å². The molecule has 0 unspecified atom stereocenters. The van der Waals surface area contributed by atoms with Crippen molar-refractivity contribution in [3.8, 4) is 11.5 Å². The molecular weight excluding hydrogens is 394 g/mol. The Morgan fingerprint density at radius 2 is 1.81 bits per heavy atom. The predicted octanol–water partition coefficient (Wildman–Crippen LogP) is 3.14. The Hall–Kier alpha value is -3.58. The highest BCUT2D eigenvalue weighted by molar-refractivity contribution is 6.02. The number of anilines is 1. The summed E-state index contributed by atoms with van der Waals surface area (Å²) in [6.07, 6.45) is 0. The SMILES string of the molecule is C[C@@H](C(=O)NCc1ccc2c(c1)OCO2)N(C)CC(=O)Nc1cccc2ccccc12. The summed E-state index contributed by atoms with van der Waals surface area (Å²) < 4.78 is 10.7. The normalized spacial score (nSPS) is 13.3. The standard InChI is InChI=1S/C24H25N3O4/c1-16(24(29)25-13-17-10-11-21-22(12-17)31-15-30-21)27(2)14-23(28)26-20-9-5-7-18-6-3-4-8-19(18)20/h3-12,16H,13-15H2,1-2H3,(H,25,29)(H,26,28)/t16-/m0/s1. The number of benzene rings is 3. The van der Waals surface area contributed by atoms with E-state index in [1.807, 2.05) is 60.7 Å². The molecule has 0 fully saturated rings. The average Bonchev–Trinajstić information content (AvgIpc) is 3.25. The average molecular weight is 419 g/mol. The van der Waals surface area contributed by atoms with E-state index in [-0.39, 0.29) is 25.2 Å². The van der Waals surface area contributed by atoms with E-state index in [9.17, 15) is 9.59 Å². The monoisotopic (exact) mass is 419 g/mol. The van der Waals surface area contributed by atoms with Crippen LogP contribution in [0.3, 0.4) is 0 Å². The molecule has 0 bridgehead atoms. The molecule has 3 aromatic rings. The van der Waals surface area contributed by atoms with Gasteiger partial charge >= 0.3 is 0 Å². The van der Waals surface area contributed by atoms with Gasteiger partial charge in [0.05, 0.1) is 12.6 Å². The highest BCUT2D eigenvalue weighted by atomic mass is 16.7. The van der Waals surface area contributed by atoms with Crippen LogP contribution in [0.1, 0.15) is 12.5 Å². The Bertz CT molecular complexity index is 1110. The molecular formula is C24H25N3O4. The molecule has 0 spiro atoms. The lowest BCUT2D eigenvalue weighted by molar-refractivity contribution is -0.126. The molecule has 1 aliphatic rings. The summed E-state index contributed by atoms with van der Waals surface area (Å²) in [6, 6.07) is 18.8. The van der Waals surface area contributed by atoms with Crippen LogP contribution in [-0.2, 0) is 16.1 Å². The van der Waals surface area contributed by atoms with Gasteiger partial charge in [0.25, 0.3) is 0 Å². The molecule has 0 radical (unpaired) electrons. The second-order valence-corrected chi connectivity index (χ2v) is 7.57. The molecule has 1 heterocycles. The zero-order chi connectivity index (χ0) is 21.8. The van der Waals surface area contributed by atoms with Gasteiger partial charge in [-0.05, 0) is 43.1 Å². The molecule has 31 heavy (non-hydrogen) atoms. The third-order valence-electron chi connectivity index (χ3n) is 5.40. The van der Waals surface area contributed by atoms with Crippen molar-refractivity contribution < 1.29 is 19.1 Å². The van der Waals surface area contributed by atoms with Gasteiger partial charge in [-0.1, -0.05) is 42.5 Å².